The van der Waals surface area contributed by atoms with E-state index in [2.05, 4.69) is 20.4 Å². The number of aryl methyl sites for hydroxylation is 1. The molecule has 0 aliphatic rings. The number of aromatic nitrogens is 4. The minimum absolute atomic E-state index is 0.517. The van der Waals surface area contributed by atoms with Crippen LogP contribution in [-0.2, 0) is 13.0 Å². The first-order valence-corrected chi connectivity index (χ1v) is 6.32. The van der Waals surface area contributed by atoms with Gasteiger partial charge in [0.15, 0.2) is 0 Å². The highest BCUT2D eigenvalue weighted by Gasteiger charge is 2.07. The number of nitrogens with one attached hydrogen (secondary N) is 1. The van der Waals surface area contributed by atoms with Crippen molar-refractivity contribution < 1.29 is 0 Å². The van der Waals surface area contributed by atoms with Crippen molar-refractivity contribution >= 4 is 17.4 Å². The Morgan fingerprint density at radius 2 is 2.22 bits per heavy atom. The third-order valence-electron chi connectivity index (χ3n) is 2.64. The zero-order valence-corrected chi connectivity index (χ0v) is 11.3. The van der Waals surface area contributed by atoms with Gasteiger partial charge in [0, 0.05) is 30.9 Å². The molecule has 5 nitrogen and oxygen atoms in total. The summed E-state index contributed by atoms with van der Waals surface area (Å²) in [7, 11) is 0. The number of nitrogens with zero attached hydrogens (tertiary/aromatic N) is 4. The maximum atomic E-state index is 6.07. The van der Waals surface area contributed by atoms with Crippen molar-refractivity contribution in [1.29, 1.82) is 0 Å². The zero-order valence-electron chi connectivity index (χ0n) is 10.5. The van der Waals surface area contributed by atoms with E-state index in [1.165, 1.54) is 0 Å². The van der Waals surface area contributed by atoms with Crippen LogP contribution in [0.2, 0.25) is 5.15 Å². The van der Waals surface area contributed by atoms with Gasteiger partial charge in [-0.3, -0.25) is 4.68 Å². The maximum absolute atomic E-state index is 6.07. The molecule has 2 rings (SSSR count). The predicted octanol–water partition coefficient (Wildman–Crippen LogP) is 2.31. The maximum Gasteiger partial charge on any atom is 0.137 e. The molecule has 0 saturated carbocycles. The van der Waals surface area contributed by atoms with Gasteiger partial charge in [-0.05, 0) is 13.0 Å². The first kappa shape index (κ1) is 12.8. The van der Waals surface area contributed by atoms with Crippen LogP contribution >= 0.6 is 11.6 Å². The largest absolute Gasteiger partial charge is 0.368 e. The third-order valence-corrected chi connectivity index (χ3v) is 3.01. The Morgan fingerprint density at radius 1 is 1.39 bits per heavy atom. The second-order valence-electron chi connectivity index (χ2n) is 3.95. The van der Waals surface area contributed by atoms with Crippen molar-refractivity contribution in [3.05, 3.63) is 35.0 Å². The van der Waals surface area contributed by atoms with Crippen molar-refractivity contribution in [2.75, 3.05) is 11.9 Å². The Hall–Kier alpha value is -1.62. The van der Waals surface area contributed by atoms with Gasteiger partial charge in [0.25, 0.3) is 0 Å². The summed E-state index contributed by atoms with van der Waals surface area (Å²) < 4.78 is 1.87. The minimum Gasteiger partial charge on any atom is -0.368 e. The van der Waals surface area contributed by atoms with Gasteiger partial charge >= 0.3 is 0 Å². The zero-order chi connectivity index (χ0) is 13.0. The quantitative estimate of drug-likeness (QED) is 0.843. The van der Waals surface area contributed by atoms with Gasteiger partial charge in [-0.15, -0.1) is 0 Å². The Labute approximate surface area is 111 Å². The molecule has 0 saturated heterocycles. The lowest BCUT2D eigenvalue weighted by Gasteiger charge is -2.10. The summed E-state index contributed by atoms with van der Waals surface area (Å²) >= 11 is 6.07. The smallest absolute Gasteiger partial charge is 0.137 e. The fourth-order valence-corrected chi connectivity index (χ4v) is 1.77. The van der Waals surface area contributed by atoms with Gasteiger partial charge in [-0.25, -0.2) is 9.97 Å². The lowest BCUT2D eigenvalue weighted by molar-refractivity contribution is 0.636. The van der Waals surface area contributed by atoms with Crippen molar-refractivity contribution in [3.8, 4) is 0 Å². The van der Waals surface area contributed by atoms with Crippen LogP contribution in [0, 0.1) is 6.92 Å². The number of hydrogen-bond donors (Lipinski definition) is 1. The van der Waals surface area contributed by atoms with Gasteiger partial charge < -0.3 is 5.32 Å². The molecule has 2 heterocycles. The molecule has 0 unspecified atom stereocenters. The van der Waals surface area contributed by atoms with Crippen LogP contribution in [0.5, 0.6) is 0 Å². The summed E-state index contributed by atoms with van der Waals surface area (Å²) in [5.74, 6) is 1.56. The molecular weight excluding hydrogens is 250 g/mol. The van der Waals surface area contributed by atoms with Crippen molar-refractivity contribution in [2.24, 2.45) is 0 Å². The summed E-state index contributed by atoms with van der Waals surface area (Å²) in [5.41, 5.74) is 0.884. The van der Waals surface area contributed by atoms with Crippen molar-refractivity contribution in [2.45, 2.75) is 26.8 Å². The van der Waals surface area contributed by atoms with Crippen LogP contribution in [0.3, 0.4) is 0 Å². The minimum atomic E-state index is 0.517. The lowest BCUT2D eigenvalue weighted by atomic mass is 10.3. The summed E-state index contributed by atoms with van der Waals surface area (Å²) in [6.45, 7) is 5.46. The number of rotatable bonds is 5. The normalized spacial score (nSPS) is 10.6. The summed E-state index contributed by atoms with van der Waals surface area (Å²) in [6.07, 6.45) is 4.47. The molecule has 0 bridgehead atoms. The van der Waals surface area contributed by atoms with Crippen LogP contribution in [0.4, 0.5) is 5.82 Å². The highest BCUT2D eigenvalue weighted by atomic mass is 35.5. The van der Waals surface area contributed by atoms with Gasteiger partial charge in [-0.1, -0.05) is 18.5 Å². The number of halogens is 1. The van der Waals surface area contributed by atoms with Crippen LogP contribution < -0.4 is 5.32 Å². The number of hydrogen-bond acceptors (Lipinski definition) is 4. The monoisotopic (exact) mass is 265 g/mol. The van der Waals surface area contributed by atoms with Gasteiger partial charge in [-0.2, -0.15) is 5.10 Å². The molecule has 0 amide bonds. The summed E-state index contributed by atoms with van der Waals surface area (Å²) in [6, 6.07) is 1.90. The van der Waals surface area contributed by atoms with E-state index in [0.29, 0.717) is 5.15 Å². The fourth-order valence-electron chi connectivity index (χ4n) is 1.58. The van der Waals surface area contributed by atoms with E-state index in [9.17, 15) is 0 Å². The van der Waals surface area contributed by atoms with Gasteiger partial charge in [0.05, 0.1) is 6.54 Å². The Morgan fingerprint density at radius 3 is 2.89 bits per heavy atom. The van der Waals surface area contributed by atoms with Crippen molar-refractivity contribution in [1.82, 2.24) is 19.7 Å². The highest BCUT2D eigenvalue weighted by Crippen LogP contribution is 2.19. The van der Waals surface area contributed by atoms with Gasteiger partial charge in [0.2, 0.25) is 0 Å². The second-order valence-corrected chi connectivity index (χ2v) is 4.31. The molecule has 18 heavy (non-hydrogen) atoms. The molecular formula is C12H16ClN5. The van der Waals surface area contributed by atoms with E-state index in [1.807, 2.05) is 30.8 Å². The van der Waals surface area contributed by atoms with Crippen LogP contribution in [-0.4, -0.2) is 26.3 Å². The molecule has 0 fully saturated rings. The second kappa shape index (κ2) is 5.82. The Balaban J connectivity index is 2.02. The van der Waals surface area contributed by atoms with Gasteiger partial charge in [0.1, 0.15) is 16.8 Å². The molecule has 0 atom stereocenters. The van der Waals surface area contributed by atoms with E-state index in [1.54, 1.807) is 6.20 Å². The first-order chi connectivity index (χ1) is 8.70. The molecule has 0 radical (unpaired) electrons. The summed E-state index contributed by atoms with van der Waals surface area (Å²) in [4.78, 5) is 8.64. The molecule has 2 aromatic heterocycles. The van der Waals surface area contributed by atoms with E-state index in [-0.39, 0.29) is 0 Å². The third kappa shape index (κ3) is 2.98. The Bertz CT molecular complexity index is 509. The average Bonchev–Trinajstić information content (AvgIpc) is 2.87. The SMILES string of the molecule is CCc1nc(Cl)c(C)c(NCCn2cccn2)n1. The fraction of sp³-hybridized carbons (Fsp3) is 0.417. The highest BCUT2D eigenvalue weighted by molar-refractivity contribution is 6.30. The summed E-state index contributed by atoms with van der Waals surface area (Å²) in [5, 5.41) is 7.93. The van der Waals surface area contributed by atoms with E-state index in [0.717, 1.165) is 36.7 Å². The van der Waals surface area contributed by atoms with E-state index >= 15 is 0 Å². The predicted molar refractivity (Wildman–Crippen MR) is 71.9 cm³/mol. The van der Waals surface area contributed by atoms with E-state index in [4.69, 9.17) is 11.6 Å². The molecule has 0 spiro atoms. The molecule has 0 aliphatic carbocycles. The van der Waals surface area contributed by atoms with Crippen molar-refractivity contribution in [3.63, 3.8) is 0 Å². The van der Waals surface area contributed by atoms with Crippen LogP contribution in [0.1, 0.15) is 18.3 Å². The standard InChI is InChI=1S/C12H16ClN5/c1-3-10-16-11(13)9(2)12(17-10)14-6-8-18-7-4-5-15-18/h4-5,7H,3,6,8H2,1-2H3,(H,14,16,17). The van der Waals surface area contributed by atoms with Crippen LogP contribution in [0.25, 0.3) is 0 Å². The topological polar surface area (TPSA) is 55.6 Å². The lowest BCUT2D eigenvalue weighted by Crippen LogP contribution is -2.13. The van der Waals surface area contributed by atoms with E-state index < -0.39 is 0 Å². The number of anilines is 1. The molecule has 96 valence electrons. The molecule has 6 heteroatoms. The Kier molecular flexibility index (Phi) is 4.15. The molecule has 1 N–H and O–H groups in total. The first-order valence-electron chi connectivity index (χ1n) is 5.95. The molecule has 0 aromatic carbocycles. The molecule has 2 aromatic rings. The molecule has 0 aliphatic heterocycles. The average molecular weight is 266 g/mol. The van der Waals surface area contributed by atoms with Crippen LogP contribution in [0.15, 0.2) is 18.5 Å².